The van der Waals surface area contributed by atoms with Gasteiger partial charge in [-0.2, -0.15) is 4.98 Å². The molecule has 3 aromatic rings. The Hall–Kier alpha value is -2.68. The first kappa shape index (κ1) is 21.0. The van der Waals surface area contributed by atoms with Crippen LogP contribution in [-0.4, -0.2) is 31.1 Å². The minimum absolute atomic E-state index is 0.116. The van der Waals surface area contributed by atoms with E-state index in [1.54, 1.807) is 11.6 Å². The summed E-state index contributed by atoms with van der Waals surface area (Å²) < 4.78 is 10.7. The summed E-state index contributed by atoms with van der Waals surface area (Å²) in [5.74, 6) is 0.116. The van der Waals surface area contributed by atoms with E-state index < -0.39 is 11.2 Å². The number of hydrogen-bond acceptors (Lipinski definition) is 5. The molecule has 0 aliphatic rings. The number of ether oxygens (including phenoxy) is 1. The SMILES string of the molecule is CCCC(=O)CCOc1nc2c(c(=O)n(C)c(=O)n2C)n1Cc1cccc(Br)c1. The van der Waals surface area contributed by atoms with Crippen molar-refractivity contribution in [3.63, 3.8) is 0 Å². The lowest BCUT2D eigenvalue weighted by atomic mass is 10.2. The summed E-state index contributed by atoms with van der Waals surface area (Å²) >= 11 is 3.45. The Morgan fingerprint density at radius 2 is 1.93 bits per heavy atom. The van der Waals surface area contributed by atoms with Gasteiger partial charge in [-0.05, 0) is 24.1 Å². The number of nitrogens with zero attached hydrogens (tertiary/aromatic N) is 4. The standard InChI is InChI=1S/C20H23BrN4O4/c1-4-6-15(26)9-10-29-19-22-17-16(18(27)24(3)20(28)23(17)2)25(19)12-13-7-5-8-14(21)11-13/h5,7-8,11H,4,6,9-10,12H2,1-3H3. The van der Waals surface area contributed by atoms with Gasteiger partial charge in [-0.15, -0.1) is 0 Å². The molecule has 0 saturated carbocycles. The number of Topliss-reactive ketones (excluding diaryl/α,β-unsaturated/α-hetero) is 1. The predicted octanol–water partition coefficient (Wildman–Crippen LogP) is 2.38. The molecule has 0 aliphatic heterocycles. The van der Waals surface area contributed by atoms with Crippen LogP contribution < -0.4 is 16.0 Å². The second-order valence-electron chi connectivity index (χ2n) is 6.88. The highest BCUT2D eigenvalue weighted by Gasteiger charge is 2.20. The fourth-order valence-electron chi connectivity index (χ4n) is 3.16. The lowest BCUT2D eigenvalue weighted by molar-refractivity contribution is -0.119. The van der Waals surface area contributed by atoms with E-state index in [-0.39, 0.29) is 36.0 Å². The van der Waals surface area contributed by atoms with Gasteiger partial charge in [-0.25, -0.2) is 4.79 Å². The highest BCUT2D eigenvalue weighted by molar-refractivity contribution is 9.10. The average Bonchev–Trinajstić information content (AvgIpc) is 3.03. The number of ketones is 1. The van der Waals surface area contributed by atoms with Gasteiger partial charge < -0.3 is 4.74 Å². The number of benzene rings is 1. The molecular formula is C20H23BrN4O4. The Balaban J connectivity index is 2.07. The quantitative estimate of drug-likeness (QED) is 0.512. The molecule has 0 fully saturated rings. The topological polar surface area (TPSA) is 88.1 Å². The highest BCUT2D eigenvalue weighted by atomic mass is 79.9. The molecular weight excluding hydrogens is 440 g/mol. The van der Waals surface area contributed by atoms with Crippen LogP contribution in [0.25, 0.3) is 11.2 Å². The van der Waals surface area contributed by atoms with Crippen LogP contribution in [0.15, 0.2) is 38.3 Å². The Morgan fingerprint density at radius 1 is 1.17 bits per heavy atom. The van der Waals surface area contributed by atoms with Crippen LogP contribution in [0.1, 0.15) is 31.7 Å². The maximum Gasteiger partial charge on any atom is 0.332 e. The first-order chi connectivity index (χ1) is 13.8. The summed E-state index contributed by atoms with van der Waals surface area (Å²) in [7, 11) is 3.00. The Bertz CT molecular complexity index is 1180. The van der Waals surface area contributed by atoms with Gasteiger partial charge in [0.2, 0.25) is 0 Å². The molecule has 8 nitrogen and oxygen atoms in total. The Morgan fingerprint density at radius 3 is 2.62 bits per heavy atom. The number of carbonyl (C=O) groups is 1. The number of rotatable bonds is 8. The molecule has 2 heterocycles. The third-order valence-corrected chi connectivity index (χ3v) is 5.18. The fourth-order valence-corrected chi connectivity index (χ4v) is 3.61. The molecule has 29 heavy (non-hydrogen) atoms. The van der Waals surface area contributed by atoms with Crippen LogP contribution in [0.3, 0.4) is 0 Å². The van der Waals surface area contributed by atoms with E-state index in [0.717, 1.165) is 21.0 Å². The third kappa shape index (κ3) is 4.34. The molecule has 0 aliphatic carbocycles. The highest BCUT2D eigenvalue weighted by Crippen LogP contribution is 2.21. The maximum atomic E-state index is 12.8. The van der Waals surface area contributed by atoms with E-state index in [1.807, 2.05) is 31.2 Å². The smallest absolute Gasteiger partial charge is 0.332 e. The molecule has 0 radical (unpaired) electrons. The summed E-state index contributed by atoms with van der Waals surface area (Å²) in [6, 6.07) is 7.89. The molecule has 2 aromatic heterocycles. The van der Waals surface area contributed by atoms with Crippen molar-refractivity contribution in [2.45, 2.75) is 32.7 Å². The first-order valence-electron chi connectivity index (χ1n) is 9.38. The van der Waals surface area contributed by atoms with Crippen LogP contribution >= 0.6 is 15.9 Å². The summed E-state index contributed by atoms with van der Waals surface area (Å²) in [6.45, 7) is 2.45. The normalized spacial score (nSPS) is 11.2. The van der Waals surface area contributed by atoms with E-state index in [4.69, 9.17) is 4.74 Å². The van der Waals surface area contributed by atoms with Gasteiger partial charge in [0.25, 0.3) is 11.6 Å². The van der Waals surface area contributed by atoms with Crippen molar-refractivity contribution in [1.82, 2.24) is 18.7 Å². The molecule has 0 spiro atoms. The zero-order valence-corrected chi connectivity index (χ0v) is 18.2. The van der Waals surface area contributed by atoms with Crippen molar-refractivity contribution in [1.29, 1.82) is 0 Å². The Kier molecular flexibility index (Phi) is 6.36. The molecule has 0 saturated heterocycles. The van der Waals surface area contributed by atoms with E-state index in [2.05, 4.69) is 20.9 Å². The van der Waals surface area contributed by atoms with Crippen LogP contribution in [0.4, 0.5) is 0 Å². The van der Waals surface area contributed by atoms with Crippen molar-refractivity contribution >= 4 is 32.9 Å². The summed E-state index contributed by atoms with van der Waals surface area (Å²) in [5, 5.41) is 0. The summed E-state index contributed by atoms with van der Waals surface area (Å²) in [6.07, 6.45) is 1.57. The van der Waals surface area contributed by atoms with E-state index in [9.17, 15) is 14.4 Å². The number of imidazole rings is 1. The molecule has 1 aromatic carbocycles. The molecule has 0 N–H and O–H groups in total. The van der Waals surface area contributed by atoms with Crippen molar-refractivity contribution < 1.29 is 9.53 Å². The minimum atomic E-state index is -0.459. The zero-order chi connectivity index (χ0) is 21.1. The average molecular weight is 463 g/mol. The lowest BCUT2D eigenvalue weighted by Crippen LogP contribution is -2.37. The number of aryl methyl sites for hydroxylation is 1. The number of fused-ring (bicyclic) bond motifs is 1. The van der Waals surface area contributed by atoms with Crippen molar-refractivity contribution in [2.75, 3.05) is 6.61 Å². The third-order valence-electron chi connectivity index (χ3n) is 4.68. The van der Waals surface area contributed by atoms with Crippen LogP contribution in [-0.2, 0) is 25.4 Å². The molecule has 3 rings (SSSR count). The number of carbonyl (C=O) groups excluding carboxylic acids is 1. The van der Waals surface area contributed by atoms with Crippen LogP contribution in [0, 0.1) is 0 Å². The van der Waals surface area contributed by atoms with E-state index >= 15 is 0 Å². The van der Waals surface area contributed by atoms with Gasteiger partial charge in [0.05, 0.1) is 13.2 Å². The van der Waals surface area contributed by atoms with Crippen molar-refractivity contribution in [3.05, 3.63) is 55.1 Å². The van der Waals surface area contributed by atoms with Gasteiger partial charge in [0, 0.05) is 31.4 Å². The summed E-state index contributed by atoms with van der Waals surface area (Å²) in [4.78, 5) is 41.3. The Labute approximate surface area is 175 Å². The molecule has 0 amide bonds. The molecule has 0 bridgehead atoms. The second-order valence-corrected chi connectivity index (χ2v) is 7.79. The fraction of sp³-hybridized carbons (Fsp3) is 0.400. The molecule has 154 valence electrons. The number of hydrogen-bond donors (Lipinski definition) is 0. The van der Waals surface area contributed by atoms with Gasteiger partial charge in [-0.3, -0.25) is 23.3 Å². The minimum Gasteiger partial charge on any atom is -0.464 e. The van der Waals surface area contributed by atoms with Crippen LogP contribution in [0.2, 0.25) is 0 Å². The van der Waals surface area contributed by atoms with E-state index in [0.29, 0.717) is 13.0 Å². The second kappa shape index (κ2) is 8.77. The van der Waals surface area contributed by atoms with Crippen molar-refractivity contribution in [2.24, 2.45) is 14.1 Å². The molecule has 9 heteroatoms. The van der Waals surface area contributed by atoms with Crippen LogP contribution in [0.5, 0.6) is 6.01 Å². The number of aromatic nitrogens is 4. The monoisotopic (exact) mass is 462 g/mol. The van der Waals surface area contributed by atoms with E-state index in [1.165, 1.54) is 11.6 Å². The zero-order valence-electron chi connectivity index (χ0n) is 16.6. The van der Waals surface area contributed by atoms with Crippen molar-refractivity contribution in [3.8, 4) is 6.01 Å². The predicted molar refractivity (Wildman–Crippen MR) is 113 cm³/mol. The molecule has 0 atom stereocenters. The van der Waals surface area contributed by atoms with Gasteiger partial charge in [0.1, 0.15) is 5.78 Å². The van der Waals surface area contributed by atoms with Gasteiger partial charge in [-0.1, -0.05) is 35.0 Å². The number of halogens is 1. The maximum absolute atomic E-state index is 12.8. The van der Waals surface area contributed by atoms with Gasteiger partial charge in [0.15, 0.2) is 11.2 Å². The van der Waals surface area contributed by atoms with Gasteiger partial charge >= 0.3 is 5.69 Å². The summed E-state index contributed by atoms with van der Waals surface area (Å²) in [5.41, 5.74) is 0.565. The lowest BCUT2D eigenvalue weighted by Gasteiger charge is -2.10. The molecule has 0 unspecified atom stereocenters. The largest absolute Gasteiger partial charge is 0.464 e. The first-order valence-corrected chi connectivity index (χ1v) is 10.2.